The van der Waals surface area contributed by atoms with E-state index in [-0.39, 0.29) is 12.6 Å². The van der Waals surface area contributed by atoms with Gasteiger partial charge in [0.1, 0.15) is 30.0 Å². The van der Waals surface area contributed by atoms with Crippen LogP contribution in [0.3, 0.4) is 0 Å². The quantitative estimate of drug-likeness (QED) is 0.499. The smallest absolute Gasteiger partial charge is 0.164 e. The van der Waals surface area contributed by atoms with E-state index in [0.717, 1.165) is 35.5 Å². The van der Waals surface area contributed by atoms with Gasteiger partial charge in [-0.25, -0.2) is 14.6 Å². The fourth-order valence-electron chi connectivity index (χ4n) is 3.82. The number of fused-ring (bicyclic) bond motifs is 1. The van der Waals surface area contributed by atoms with Crippen molar-refractivity contribution in [1.29, 1.82) is 0 Å². The fraction of sp³-hybridized carbons (Fsp3) is 0.522. The van der Waals surface area contributed by atoms with Crippen molar-refractivity contribution in [3.8, 4) is 22.9 Å². The van der Waals surface area contributed by atoms with Gasteiger partial charge in [-0.05, 0) is 33.0 Å². The molecule has 1 aromatic carbocycles. The molecule has 1 unspecified atom stereocenters. The number of ether oxygens (including phenoxy) is 3. The van der Waals surface area contributed by atoms with Gasteiger partial charge in [-0.2, -0.15) is 5.10 Å². The van der Waals surface area contributed by atoms with Gasteiger partial charge in [-0.1, -0.05) is 0 Å². The number of likely N-dealkylation sites (N-methyl/N-ethyl adjacent to an activating group) is 1. The molecule has 178 valence electrons. The van der Waals surface area contributed by atoms with Crippen molar-refractivity contribution < 1.29 is 19.3 Å². The number of nitrogens with one attached hydrogen (secondary N) is 1. The van der Waals surface area contributed by atoms with Crippen LogP contribution < -0.4 is 19.7 Å². The number of rotatable bonds is 9. The number of aliphatic hydroxyl groups is 1. The zero-order valence-corrected chi connectivity index (χ0v) is 19.6. The highest BCUT2D eigenvalue weighted by Gasteiger charge is 2.22. The Labute approximate surface area is 193 Å². The van der Waals surface area contributed by atoms with E-state index < -0.39 is 6.10 Å². The van der Waals surface area contributed by atoms with Gasteiger partial charge in [-0.3, -0.25) is 0 Å². The molecule has 1 aliphatic heterocycles. The van der Waals surface area contributed by atoms with Gasteiger partial charge in [-0.15, -0.1) is 0 Å². The van der Waals surface area contributed by atoms with Crippen LogP contribution in [-0.2, 0) is 4.74 Å². The maximum Gasteiger partial charge on any atom is 0.164 e. The van der Waals surface area contributed by atoms with Crippen LogP contribution >= 0.6 is 0 Å². The summed E-state index contributed by atoms with van der Waals surface area (Å²) in [6.07, 6.45) is 1.22. The minimum atomic E-state index is -0.620. The lowest BCUT2D eigenvalue weighted by molar-refractivity contribution is 0.108. The number of hydrogen-bond donors (Lipinski definition) is 2. The number of aromatic nitrogens is 4. The summed E-state index contributed by atoms with van der Waals surface area (Å²) in [5.41, 5.74) is 1.55. The molecule has 33 heavy (non-hydrogen) atoms. The van der Waals surface area contributed by atoms with E-state index in [9.17, 15) is 5.11 Å². The van der Waals surface area contributed by atoms with E-state index in [1.807, 2.05) is 23.0 Å². The van der Waals surface area contributed by atoms with Gasteiger partial charge in [0, 0.05) is 37.3 Å². The summed E-state index contributed by atoms with van der Waals surface area (Å²) >= 11 is 0. The van der Waals surface area contributed by atoms with Crippen LogP contribution in [-0.4, -0.2) is 84.6 Å². The number of hydrogen-bond acceptors (Lipinski definition) is 9. The Morgan fingerprint density at radius 2 is 1.91 bits per heavy atom. The van der Waals surface area contributed by atoms with Crippen molar-refractivity contribution in [1.82, 2.24) is 25.1 Å². The molecular weight excluding hydrogens is 424 g/mol. The van der Waals surface area contributed by atoms with Gasteiger partial charge in [0.2, 0.25) is 0 Å². The summed E-state index contributed by atoms with van der Waals surface area (Å²) in [6.45, 7) is 7.59. The summed E-state index contributed by atoms with van der Waals surface area (Å²) in [4.78, 5) is 12.0. The number of aliphatic hydroxyl groups excluding tert-OH is 1. The summed E-state index contributed by atoms with van der Waals surface area (Å²) in [5.74, 6) is 2.61. The average Bonchev–Trinajstić information content (AvgIpc) is 3.27. The van der Waals surface area contributed by atoms with Crippen molar-refractivity contribution in [3.05, 3.63) is 24.4 Å². The number of morpholine rings is 1. The fourth-order valence-corrected chi connectivity index (χ4v) is 3.82. The Kier molecular flexibility index (Phi) is 7.26. The molecule has 0 spiro atoms. The Balaban J connectivity index is 1.78. The molecule has 1 aliphatic rings. The Morgan fingerprint density at radius 1 is 1.15 bits per heavy atom. The molecule has 3 heterocycles. The van der Waals surface area contributed by atoms with Gasteiger partial charge in [0.05, 0.1) is 31.9 Å². The first kappa shape index (κ1) is 23.2. The Bertz CT molecular complexity index is 1080. The van der Waals surface area contributed by atoms with Crippen LogP contribution in [0.5, 0.6) is 11.5 Å². The molecule has 4 rings (SSSR count). The van der Waals surface area contributed by atoms with Crippen LogP contribution in [0.15, 0.2) is 24.4 Å². The highest BCUT2D eigenvalue weighted by molar-refractivity contribution is 5.89. The first-order valence-electron chi connectivity index (χ1n) is 11.2. The molecule has 3 aromatic rings. The second kappa shape index (κ2) is 10.3. The minimum absolute atomic E-state index is 0.153. The number of nitrogens with zero attached hydrogens (tertiary/aromatic N) is 5. The predicted octanol–water partition coefficient (Wildman–Crippen LogP) is 1.88. The van der Waals surface area contributed by atoms with Crippen molar-refractivity contribution in [3.63, 3.8) is 0 Å². The van der Waals surface area contributed by atoms with Gasteiger partial charge >= 0.3 is 0 Å². The van der Waals surface area contributed by atoms with E-state index in [4.69, 9.17) is 24.2 Å². The molecule has 0 radical (unpaired) electrons. The average molecular weight is 457 g/mol. The first-order valence-corrected chi connectivity index (χ1v) is 11.2. The monoisotopic (exact) mass is 456 g/mol. The van der Waals surface area contributed by atoms with Gasteiger partial charge in [0.15, 0.2) is 11.5 Å². The van der Waals surface area contributed by atoms with Gasteiger partial charge < -0.3 is 29.5 Å². The van der Waals surface area contributed by atoms with Crippen LogP contribution in [0, 0.1) is 0 Å². The zero-order chi connectivity index (χ0) is 23.4. The van der Waals surface area contributed by atoms with Crippen LogP contribution in [0.4, 0.5) is 5.82 Å². The molecule has 0 saturated carbocycles. The number of methoxy groups -OCH3 is 1. The third-order valence-electron chi connectivity index (χ3n) is 5.49. The standard InChI is InChI=1S/C23H32N6O4/c1-15(2)29-23-20(13-25-29)22(28-5-7-32-8-6-28)26-21(27-23)16-9-18(31-4)11-19(10-16)33-14-17(30)12-24-3/h9-11,13,15,17,24,30H,5-8,12,14H2,1-4H3. The molecule has 1 fully saturated rings. The molecule has 0 bridgehead atoms. The zero-order valence-electron chi connectivity index (χ0n) is 19.6. The molecule has 1 atom stereocenters. The molecule has 2 aromatic heterocycles. The third kappa shape index (κ3) is 5.18. The number of anilines is 1. The van der Waals surface area contributed by atoms with Crippen molar-refractivity contribution >= 4 is 16.9 Å². The second-order valence-electron chi connectivity index (χ2n) is 8.31. The molecule has 0 aliphatic carbocycles. The maximum atomic E-state index is 10.0. The minimum Gasteiger partial charge on any atom is -0.497 e. The van der Waals surface area contributed by atoms with Crippen LogP contribution in [0.25, 0.3) is 22.4 Å². The van der Waals surface area contributed by atoms with E-state index in [1.165, 1.54) is 0 Å². The van der Waals surface area contributed by atoms with Crippen LogP contribution in [0.1, 0.15) is 19.9 Å². The molecular formula is C23H32N6O4. The molecule has 10 heteroatoms. The van der Waals surface area contributed by atoms with E-state index >= 15 is 0 Å². The lowest BCUT2D eigenvalue weighted by Crippen LogP contribution is -2.37. The van der Waals surface area contributed by atoms with Crippen molar-refractivity contribution in [2.75, 3.05) is 58.5 Å². The first-order chi connectivity index (χ1) is 16.0. The topological polar surface area (TPSA) is 107 Å². The summed E-state index contributed by atoms with van der Waals surface area (Å²) in [6, 6.07) is 5.70. The van der Waals surface area contributed by atoms with Crippen molar-refractivity contribution in [2.45, 2.75) is 26.0 Å². The lowest BCUT2D eigenvalue weighted by Gasteiger charge is -2.28. The van der Waals surface area contributed by atoms with E-state index in [1.54, 1.807) is 20.2 Å². The molecule has 0 amide bonds. The van der Waals surface area contributed by atoms with Gasteiger partial charge in [0.25, 0.3) is 0 Å². The largest absolute Gasteiger partial charge is 0.497 e. The summed E-state index contributed by atoms with van der Waals surface area (Å²) in [7, 11) is 3.39. The summed E-state index contributed by atoms with van der Waals surface area (Å²) < 4.78 is 18.8. The lowest BCUT2D eigenvalue weighted by atomic mass is 10.1. The highest BCUT2D eigenvalue weighted by atomic mass is 16.5. The predicted molar refractivity (Wildman–Crippen MR) is 126 cm³/mol. The molecule has 1 saturated heterocycles. The molecule has 10 nitrogen and oxygen atoms in total. The van der Waals surface area contributed by atoms with E-state index in [0.29, 0.717) is 37.1 Å². The maximum absolute atomic E-state index is 10.0. The Morgan fingerprint density at radius 3 is 2.61 bits per heavy atom. The third-order valence-corrected chi connectivity index (χ3v) is 5.49. The SMILES string of the molecule is CNCC(O)COc1cc(OC)cc(-c2nc(N3CCOCC3)c3cnn(C(C)C)c3n2)c1. The molecule has 2 N–H and O–H groups in total. The normalized spacial score (nSPS) is 15.3. The summed E-state index contributed by atoms with van der Waals surface area (Å²) in [5, 5.41) is 18.4. The Hall–Kier alpha value is -2.95. The van der Waals surface area contributed by atoms with E-state index in [2.05, 4.69) is 29.2 Å². The van der Waals surface area contributed by atoms with Crippen LogP contribution in [0.2, 0.25) is 0 Å². The number of benzene rings is 1. The highest BCUT2D eigenvalue weighted by Crippen LogP contribution is 2.33. The van der Waals surface area contributed by atoms with Crippen molar-refractivity contribution in [2.24, 2.45) is 0 Å². The second-order valence-corrected chi connectivity index (χ2v) is 8.31.